The van der Waals surface area contributed by atoms with Crippen molar-refractivity contribution in [3.8, 4) is 0 Å². The number of hydroxylamine groups is 2. The molecule has 4 nitrogen and oxygen atoms in total. The predicted molar refractivity (Wildman–Crippen MR) is 74.9 cm³/mol. The minimum atomic E-state index is -0.104. The van der Waals surface area contributed by atoms with E-state index in [2.05, 4.69) is 26.3 Å². The van der Waals surface area contributed by atoms with Crippen molar-refractivity contribution in [2.45, 2.75) is 0 Å². The van der Waals surface area contributed by atoms with E-state index in [1.165, 1.54) is 0 Å². The molecule has 0 atom stereocenters. The normalized spacial score (nSPS) is 9.83. The topological polar surface area (TPSA) is 32.8 Å². The summed E-state index contributed by atoms with van der Waals surface area (Å²) in [4.78, 5) is 18.9. The Morgan fingerprint density at radius 3 is 1.72 bits per heavy atom. The first kappa shape index (κ1) is 16.4. The van der Waals surface area contributed by atoms with Crippen LogP contribution in [0.15, 0.2) is 50.6 Å². The van der Waals surface area contributed by atoms with Gasteiger partial charge in [-0.05, 0) is 0 Å². The molecule has 100 valence electrons. The molecule has 0 spiro atoms. The van der Waals surface area contributed by atoms with Gasteiger partial charge in [-0.3, -0.25) is 9.63 Å². The Labute approximate surface area is 109 Å². The number of amides is 1. The van der Waals surface area contributed by atoms with E-state index in [1.807, 2.05) is 0 Å². The quantitative estimate of drug-likeness (QED) is 0.414. The molecule has 0 aromatic heterocycles. The fourth-order valence-electron chi connectivity index (χ4n) is 1.30. The number of carbonyl (C=O) groups excluding carboxylic acids is 1. The fraction of sp³-hybridized carbons (Fsp3) is 0.357. The maximum atomic E-state index is 11.9. The van der Waals surface area contributed by atoms with Gasteiger partial charge in [0.1, 0.15) is 6.61 Å². The molecule has 0 saturated carbocycles. The zero-order valence-corrected chi connectivity index (χ0v) is 10.9. The smallest absolute Gasteiger partial charge is 0.251 e. The third-order valence-corrected chi connectivity index (χ3v) is 2.09. The lowest BCUT2D eigenvalue weighted by molar-refractivity contribution is -0.168. The average Bonchev–Trinajstić information content (AvgIpc) is 2.36. The molecule has 0 aromatic rings. The van der Waals surface area contributed by atoms with Gasteiger partial charge in [0.25, 0.3) is 5.91 Å². The minimum Gasteiger partial charge on any atom is -0.333 e. The predicted octanol–water partition coefficient (Wildman–Crippen LogP) is 1.79. The Morgan fingerprint density at radius 1 is 0.889 bits per heavy atom. The highest BCUT2D eigenvalue weighted by Gasteiger charge is 2.12. The van der Waals surface area contributed by atoms with Crippen molar-refractivity contribution in [2.24, 2.45) is 0 Å². The second-order valence-corrected chi connectivity index (χ2v) is 3.57. The monoisotopic (exact) mass is 250 g/mol. The van der Waals surface area contributed by atoms with Gasteiger partial charge in [-0.25, -0.2) is 0 Å². The SMILES string of the molecule is C=CCN(CC=C)OCC(=O)N(CC=C)CC=C. The molecule has 0 unspecified atom stereocenters. The van der Waals surface area contributed by atoms with Gasteiger partial charge >= 0.3 is 0 Å². The number of carbonyl (C=O) groups is 1. The fourth-order valence-corrected chi connectivity index (χ4v) is 1.30. The van der Waals surface area contributed by atoms with Crippen molar-refractivity contribution < 1.29 is 9.63 Å². The second kappa shape index (κ2) is 10.5. The molecular formula is C14H22N2O2. The van der Waals surface area contributed by atoms with E-state index in [0.717, 1.165) is 0 Å². The van der Waals surface area contributed by atoms with Crippen LogP contribution in [0.3, 0.4) is 0 Å². The lowest BCUT2D eigenvalue weighted by atomic mass is 10.4. The Hall–Kier alpha value is -1.65. The highest BCUT2D eigenvalue weighted by atomic mass is 16.7. The van der Waals surface area contributed by atoms with Crippen LogP contribution in [0.5, 0.6) is 0 Å². The van der Waals surface area contributed by atoms with Crippen LogP contribution in [-0.2, 0) is 9.63 Å². The molecule has 0 aliphatic carbocycles. The number of hydrogen-bond acceptors (Lipinski definition) is 3. The van der Waals surface area contributed by atoms with Crippen LogP contribution in [0.4, 0.5) is 0 Å². The van der Waals surface area contributed by atoms with Crippen LogP contribution in [0, 0.1) is 0 Å². The molecule has 0 radical (unpaired) electrons. The Morgan fingerprint density at radius 2 is 1.33 bits per heavy atom. The van der Waals surface area contributed by atoms with E-state index >= 15 is 0 Å². The highest BCUT2D eigenvalue weighted by Crippen LogP contribution is 1.96. The highest BCUT2D eigenvalue weighted by molar-refractivity contribution is 5.77. The van der Waals surface area contributed by atoms with Crippen LogP contribution in [0.1, 0.15) is 0 Å². The van der Waals surface area contributed by atoms with Gasteiger partial charge < -0.3 is 4.90 Å². The molecule has 0 saturated heterocycles. The van der Waals surface area contributed by atoms with Gasteiger partial charge in [-0.1, -0.05) is 24.3 Å². The number of nitrogens with zero attached hydrogens (tertiary/aromatic N) is 2. The van der Waals surface area contributed by atoms with Gasteiger partial charge in [0.2, 0.25) is 0 Å². The molecule has 0 heterocycles. The molecule has 0 aliphatic heterocycles. The largest absolute Gasteiger partial charge is 0.333 e. The van der Waals surface area contributed by atoms with E-state index in [9.17, 15) is 4.79 Å². The first-order valence-electron chi connectivity index (χ1n) is 5.78. The zero-order chi connectivity index (χ0) is 13.8. The van der Waals surface area contributed by atoms with E-state index in [0.29, 0.717) is 26.2 Å². The summed E-state index contributed by atoms with van der Waals surface area (Å²) in [5.74, 6) is -0.104. The van der Waals surface area contributed by atoms with Crippen molar-refractivity contribution in [3.63, 3.8) is 0 Å². The molecule has 0 aromatic carbocycles. The van der Waals surface area contributed by atoms with Crippen LogP contribution in [-0.4, -0.2) is 48.7 Å². The molecule has 0 bridgehead atoms. The van der Waals surface area contributed by atoms with Crippen LogP contribution < -0.4 is 0 Å². The molecule has 0 N–H and O–H groups in total. The van der Waals surface area contributed by atoms with E-state index in [1.54, 1.807) is 34.3 Å². The van der Waals surface area contributed by atoms with Gasteiger partial charge in [-0.15, -0.1) is 26.3 Å². The third kappa shape index (κ3) is 6.83. The maximum Gasteiger partial charge on any atom is 0.251 e. The van der Waals surface area contributed by atoms with E-state index in [-0.39, 0.29) is 12.5 Å². The summed E-state index contributed by atoms with van der Waals surface area (Å²) in [6.45, 7) is 16.5. The van der Waals surface area contributed by atoms with Crippen LogP contribution >= 0.6 is 0 Å². The summed E-state index contributed by atoms with van der Waals surface area (Å²) in [5.41, 5.74) is 0. The van der Waals surface area contributed by atoms with E-state index in [4.69, 9.17) is 4.84 Å². The van der Waals surface area contributed by atoms with Gasteiger partial charge in [-0.2, -0.15) is 5.06 Å². The minimum absolute atomic E-state index is 0.0106. The number of hydrogen-bond donors (Lipinski definition) is 0. The molecule has 18 heavy (non-hydrogen) atoms. The van der Waals surface area contributed by atoms with Crippen molar-refractivity contribution >= 4 is 5.91 Å². The molecular weight excluding hydrogens is 228 g/mol. The van der Waals surface area contributed by atoms with Crippen molar-refractivity contribution in [1.29, 1.82) is 0 Å². The van der Waals surface area contributed by atoms with E-state index < -0.39 is 0 Å². The first-order valence-corrected chi connectivity index (χ1v) is 5.78. The molecule has 0 rings (SSSR count). The van der Waals surface area contributed by atoms with Crippen molar-refractivity contribution in [1.82, 2.24) is 9.96 Å². The Kier molecular flexibility index (Phi) is 9.54. The number of rotatable bonds is 11. The summed E-state index contributed by atoms with van der Waals surface area (Å²) in [7, 11) is 0. The summed E-state index contributed by atoms with van der Waals surface area (Å²) >= 11 is 0. The molecule has 0 aliphatic rings. The summed E-state index contributed by atoms with van der Waals surface area (Å²) in [6, 6.07) is 0. The summed E-state index contributed by atoms with van der Waals surface area (Å²) < 4.78 is 0. The summed E-state index contributed by atoms with van der Waals surface area (Å²) in [5, 5.41) is 1.62. The lowest BCUT2D eigenvalue weighted by Gasteiger charge is -2.22. The Bertz CT molecular complexity index is 280. The lowest BCUT2D eigenvalue weighted by Crippen LogP contribution is -2.37. The van der Waals surface area contributed by atoms with Crippen molar-refractivity contribution in [3.05, 3.63) is 50.6 Å². The van der Waals surface area contributed by atoms with Crippen LogP contribution in [0.2, 0.25) is 0 Å². The Balaban J connectivity index is 4.24. The zero-order valence-electron chi connectivity index (χ0n) is 10.9. The molecule has 1 amide bonds. The second-order valence-electron chi connectivity index (χ2n) is 3.57. The standard InChI is InChI=1S/C14H22N2O2/c1-5-9-15(10-6-2)14(17)13-18-16(11-7-3)12-8-4/h5-8H,1-4,9-13H2. The molecule has 4 heteroatoms. The van der Waals surface area contributed by atoms with Crippen LogP contribution in [0.25, 0.3) is 0 Å². The maximum absolute atomic E-state index is 11.9. The molecule has 0 fully saturated rings. The van der Waals surface area contributed by atoms with Gasteiger partial charge in [0, 0.05) is 26.2 Å². The first-order chi connectivity index (χ1) is 8.69. The summed E-state index contributed by atoms with van der Waals surface area (Å²) in [6.07, 6.45) is 6.76. The van der Waals surface area contributed by atoms with Gasteiger partial charge in [0.05, 0.1) is 0 Å². The average molecular weight is 250 g/mol. The van der Waals surface area contributed by atoms with Gasteiger partial charge in [0.15, 0.2) is 0 Å². The van der Waals surface area contributed by atoms with Crippen molar-refractivity contribution in [2.75, 3.05) is 32.8 Å². The third-order valence-electron chi connectivity index (χ3n) is 2.09.